The van der Waals surface area contributed by atoms with Crippen LogP contribution in [0.3, 0.4) is 0 Å². The second-order valence-electron chi connectivity index (χ2n) is 5.32. The van der Waals surface area contributed by atoms with Gasteiger partial charge in [0.1, 0.15) is 0 Å². The Morgan fingerprint density at radius 3 is 3.00 bits per heavy atom. The SMILES string of the molecule is CCCCC[C@]12CCCC[C@H]1NCC2. The highest BCUT2D eigenvalue weighted by Gasteiger charge is 2.42. The van der Waals surface area contributed by atoms with Gasteiger partial charge in [-0.15, -0.1) is 0 Å². The van der Waals surface area contributed by atoms with Gasteiger partial charge in [0.05, 0.1) is 0 Å². The summed E-state index contributed by atoms with van der Waals surface area (Å²) in [6.07, 6.45) is 13.1. The molecular formula is C13H25N. The third-order valence-corrected chi connectivity index (χ3v) is 4.45. The Kier molecular flexibility index (Phi) is 3.48. The summed E-state index contributed by atoms with van der Waals surface area (Å²) in [5.41, 5.74) is 0.730. The quantitative estimate of drug-likeness (QED) is 0.677. The van der Waals surface area contributed by atoms with Gasteiger partial charge in [-0.1, -0.05) is 39.0 Å². The monoisotopic (exact) mass is 195 g/mol. The molecule has 0 spiro atoms. The van der Waals surface area contributed by atoms with Crippen molar-refractivity contribution in [3.8, 4) is 0 Å². The minimum atomic E-state index is 0.730. The van der Waals surface area contributed by atoms with Crippen LogP contribution in [-0.4, -0.2) is 12.6 Å². The summed E-state index contributed by atoms with van der Waals surface area (Å²) in [5, 5.41) is 3.73. The zero-order valence-corrected chi connectivity index (χ0v) is 9.65. The van der Waals surface area contributed by atoms with Crippen LogP contribution in [0.2, 0.25) is 0 Å². The van der Waals surface area contributed by atoms with Crippen molar-refractivity contribution in [2.75, 3.05) is 6.54 Å². The largest absolute Gasteiger partial charge is 0.313 e. The van der Waals surface area contributed by atoms with Gasteiger partial charge in [-0.25, -0.2) is 0 Å². The average molecular weight is 195 g/mol. The zero-order valence-electron chi connectivity index (χ0n) is 9.65. The van der Waals surface area contributed by atoms with Crippen LogP contribution < -0.4 is 5.32 Å². The summed E-state index contributed by atoms with van der Waals surface area (Å²) >= 11 is 0. The average Bonchev–Trinajstić information content (AvgIpc) is 2.62. The van der Waals surface area contributed by atoms with Crippen molar-refractivity contribution in [1.82, 2.24) is 5.32 Å². The Balaban J connectivity index is 1.89. The fourth-order valence-electron chi connectivity index (χ4n) is 3.57. The Labute approximate surface area is 88.7 Å². The molecule has 1 saturated carbocycles. The van der Waals surface area contributed by atoms with Gasteiger partial charge in [0, 0.05) is 6.04 Å². The van der Waals surface area contributed by atoms with E-state index in [1.165, 1.54) is 64.3 Å². The standard InChI is InChI=1S/C13H25N/c1-2-3-5-8-13-9-6-4-7-12(13)14-11-10-13/h12,14H,2-11H2,1H3/t12-,13-/m1/s1. The first-order valence-corrected chi connectivity index (χ1v) is 6.61. The lowest BCUT2D eigenvalue weighted by Gasteiger charge is -2.39. The van der Waals surface area contributed by atoms with Crippen LogP contribution in [0.1, 0.15) is 64.7 Å². The van der Waals surface area contributed by atoms with E-state index >= 15 is 0 Å². The maximum atomic E-state index is 3.73. The Bertz CT molecular complexity index is 178. The number of hydrogen-bond donors (Lipinski definition) is 1. The minimum Gasteiger partial charge on any atom is -0.313 e. The first-order chi connectivity index (χ1) is 6.87. The maximum Gasteiger partial charge on any atom is 0.0124 e. The van der Waals surface area contributed by atoms with E-state index in [2.05, 4.69) is 12.2 Å². The van der Waals surface area contributed by atoms with E-state index in [9.17, 15) is 0 Å². The molecule has 2 fully saturated rings. The number of fused-ring (bicyclic) bond motifs is 1. The molecule has 0 unspecified atom stereocenters. The molecule has 2 rings (SSSR count). The summed E-state index contributed by atoms with van der Waals surface area (Å²) in [7, 11) is 0. The molecule has 1 aliphatic heterocycles. The molecule has 2 atom stereocenters. The third-order valence-electron chi connectivity index (χ3n) is 4.45. The highest BCUT2D eigenvalue weighted by molar-refractivity contribution is 4.99. The second kappa shape index (κ2) is 4.65. The van der Waals surface area contributed by atoms with Gasteiger partial charge in [-0.05, 0) is 37.6 Å². The van der Waals surface area contributed by atoms with E-state index < -0.39 is 0 Å². The number of unbranched alkanes of at least 4 members (excludes halogenated alkanes) is 2. The lowest BCUT2D eigenvalue weighted by Crippen LogP contribution is -2.39. The first kappa shape index (κ1) is 10.5. The molecule has 82 valence electrons. The molecule has 0 aromatic carbocycles. The molecule has 0 bridgehead atoms. The van der Waals surface area contributed by atoms with E-state index in [4.69, 9.17) is 0 Å². The van der Waals surface area contributed by atoms with Gasteiger partial charge < -0.3 is 5.32 Å². The molecule has 0 aromatic rings. The summed E-state index contributed by atoms with van der Waals surface area (Å²) < 4.78 is 0. The van der Waals surface area contributed by atoms with Crippen molar-refractivity contribution in [3.05, 3.63) is 0 Å². The Morgan fingerprint density at radius 1 is 1.21 bits per heavy atom. The van der Waals surface area contributed by atoms with E-state index in [1.807, 2.05) is 0 Å². The van der Waals surface area contributed by atoms with Gasteiger partial charge in [0.25, 0.3) is 0 Å². The Hall–Kier alpha value is -0.0400. The van der Waals surface area contributed by atoms with Crippen LogP contribution in [-0.2, 0) is 0 Å². The molecule has 0 radical (unpaired) electrons. The highest BCUT2D eigenvalue weighted by Crippen LogP contribution is 2.46. The number of rotatable bonds is 4. The van der Waals surface area contributed by atoms with Crippen molar-refractivity contribution in [2.24, 2.45) is 5.41 Å². The Morgan fingerprint density at radius 2 is 2.14 bits per heavy atom. The van der Waals surface area contributed by atoms with Crippen LogP contribution in [0.15, 0.2) is 0 Å². The molecule has 2 aliphatic rings. The maximum absolute atomic E-state index is 3.73. The van der Waals surface area contributed by atoms with E-state index in [-0.39, 0.29) is 0 Å². The molecule has 0 aromatic heterocycles. The van der Waals surface area contributed by atoms with Gasteiger partial charge in [-0.2, -0.15) is 0 Å². The molecule has 1 N–H and O–H groups in total. The lowest BCUT2D eigenvalue weighted by molar-refractivity contribution is 0.152. The normalized spacial score (nSPS) is 37.1. The molecule has 14 heavy (non-hydrogen) atoms. The van der Waals surface area contributed by atoms with E-state index in [0.717, 1.165) is 11.5 Å². The van der Waals surface area contributed by atoms with Crippen LogP contribution in [0.5, 0.6) is 0 Å². The van der Waals surface area contributed by atoms with Gasteiger partial charge >= 0.3 is 0 Å². The van der Waals surface area contributed by atoms with Crippen molar-refractivity contribution in [2.45, 2.75) is 70.8 Å². The molecule has 1 heteroatoms. The third kappa shape index (κ3) is 1.98. The predicted molar refractivity (Wildman–Crippen MR) is 61.5 cm³/mol. The van der Waals surface area contributed by atoms with Crippen molar-refractivity contribution < 1.29 is 0 Å². The summed E-state index contributed by atoms with van der Waals surface area (Å²) in [6, 6.07) is 0.883. The summed E-state index contributed by atoms with van der Waals surface area (Å²) in [5.74, 6) is 0. The van der Waals surface area contributed by atoms with Crippen LogP contribution in [0.4, 0.5) is 0 Å². The van der Waals surface area contributed by atoms with Crippen LogP contribution in [0.25, 0.3) is 0 Å². The molecule has 1 aliphatic carbocycles. The van der Waals surface area contributed by atoms with E-state index in [1.54, 1.807) is 0 Å². The molecule has 0 amide bonds. The smallest absolute Gasteiger partial charge is 0.0124 e. The number of nitrogens with one attached hydrogen (secondary N) is 1. The summed E-state index contributed by atoms with van der Waals surface area (Å²) in [4.78, 5) is 0. The first-order valence-electron chi connectivity index (χ1n) is 6.61. The lowest BCUT2D eigenvalue weighted by atomic mass is 9.68. The van der Waals surface area contributed by atoms with Crippen LogP contribution >= 0.6 is 0 Å². The fraction of sp³-hybridized carbons (Fsp3) is 1.00. The molecule has 1 saturated heterocycles. The molecule has 1 heterocycles. The fourth-order valence-corrected chi connectivity index (χ4v) is 3.57. The predicted octanol–water partition coefficient (Wildman–Crippen LogP) is 3.49. The summed E-state index contributed by atoms with van der Waals surface area (Å²) in [6.45, 7) is 3.60. The van der Waals surface area contributed by atoms with Gasteiger partial charge in [-0.3, -0.25) is 0 Å². The zero-order chi connectivity index (χ0) is 9.86. The number of hydrogen-bond acceptors (Lipinski definition) is 1. The van der Waals surface area contributed by atoms with Crippen molar-refractivity contribution in [1.29, 1.82) is 0 Å². The van der Waals surface area contributed by atoms with Crippen LogP contribution in [0, 0.1) is 5.41 Å². The van der Waals surface area contributed by atoms with Gasteiger partial charge in [0.15, 0.2) is 0 Å². The second-order valence-corrected chi connectivity index (χ2v) is 5.32. The topological polar surface area (TPSA) is 12.0 Å². The molecular weight excluding hydrogens is 170 g/mol. The molecule has 1 nitrogen and oxygen atoms in total. The minimum absolute atomic E-state index is 0.730. The van der Waals surface area contributed by atoms with E-state index in [0.29, 0.717) is 0 Å². The highest BCUT2D eigenvalue weighted by atomic mass is 15.0. The van der Waals surface area contributed by atoms with Crippen molar-refractivity contribution >= 4 is 0 Å². The van der Waals surface area contributed by atoms with Crippen molar-refractivity contribution in [3.63, 3.8) is 0 Å². The van der Waals surface area contributed by atoms with Gasteiger partial charge in [0.2, 0.25) is 0 Å².